The van der Waals surface area contributed by atoms with Crippen molar-refractivity contribution in [3.63, 3.8) is 0 Å². The number of hydrogen-bond acceptors (Lipinski definition) is 0. The van der Waals surface area contributed by atoms with Crippen LogP contribution in [0.3, 0.4) is 0 Å². The van der Waals surface area contributed by atoms with Crippen LogP contribution in [0.25, 0.3) is 23.3 Å². The first-order chi connectivity index (χ1) is 17.8. The van der Waals surface area contributed by atoms with Crippen molar-refractivity contribution >= 4 is 41.2 Å². The molecular formula is C36H42Cl2Zr-4. The van der Waals surface area contributed by atoms with Crippen LogP contribution in [0.4, 0.5) is 0 Å². The summed E-state index contributed by atoms with van der Waals surface area (Å²) >= 11 is 1.30. The number of rotatable bonds is 2. The molecule has 2 aliphatic carbocycles. The molecule has 0 radical (unpaired) electrons. The molecule has 0 heterocycles. The van der Waals surface area contributed by atoms with Gasteiger partial charge in [-0.25, -0.2) is 6.08 Å². The van der Waals surface area contributed by atoms with E-state index in [1.54, 1.807) is 6.92 Å². The van der Waals surface area contributed by atoms with E-state index in [1.807, 2.05) is 48.6 Å². The van der Waals surface area contributed by atoms with Crippen LogP contribution < -0.4 is 0 Å². The van der Waals surface area contributed by atoms with Gasteiger partial charge in [-0.3, -0.25) is 6.08 Å². The van der Waals surface area contributed by atoms with Crippen molar-refractivity contribution in [2.45, 2.75) is 41.0 Å². The van der Waals surface area contributed by atoms with E-state index in [0.29, 0.717) is 11.3 Å². The molecule has 1 unspecified atom stereocenters. The van der Waals surface area contributed by atoms with E-state index in [1.165, 1.54) is 57.6 Å². The average molecular weight is 637 g/mol. The van der Waals surface area contributed by atoms with Gasteiger partial charge in [0.05, 0.1) is 0 Å². The fraction of sp³-hybridized carbons (Fsp3) is 0.222. The van der Waals surface area contributed by atoms with Crippen molar-refractivity contribution in [2.24, 2.45) is 11.3 Å². The molecule has 0 aliphatic heterocycles. The fourth-order valence-corrected chi connectivity index (χ4v) is 3.76. The Balaban J connectivity index is 0. The molecule has 0 aromatic heterocycles. The van der Waals surface area contributed by atoms with Crippen molar-refractivity contribution in [1.82, 2.24) is 0 Å². The van der Waals surface area contributed by atoms with Crippen LogP contribution in [0, 0.1) is 36.5 Å². The van der Waals surface area contributed by atoms with E-state index in [0.717, 1.165) is 12.0 Å². The summed E-state index contributed by atoms with van der Waals surface area (Å²) in [5.74, 6) is 0.522. The summed E-state index contributed by atoms with van der Waals surface area (Å²) in [5, 5.41) is 0. The fourth-order valence-electron chi connectivity index (χ4n) is 3.76. The molecule has 0 saturated carbocycles. The summed E-state index contributed by atoms with van der Waals surface area (Å²) in [4.78, 5) is 0. The summed E-state index contributed by atoms with van der Waals surface area (Å²) < 4.78 is 3.34. The van der Waals surface area contributed by atoms with Crippen LogP contribution in [0.1, 0.15) is 56.9 Å². The van der Waals surface area contributed by atoms with Crippen LogP contribution in [0.5, 0.6) is 0 Å². The second-order valence-electron chi connectivity index (χ2n) is 9.38. The topological polar surface area (TPSA) is 0 Å². The third-order valence-electron chi connectivity index (χ3n) is 5.72. The van der Waals surface area contributed by atoms with E-state index >= 15 is 0 Å². The molecule has 0 spiro atoms. The number of fused-ring (bicyclic) bond motifs is 3. The molecule has 1 atom stereocenters. The number of halogens is 2. The molecule has 0 saturated heterocycles. The molecule has 3 heteroatoms. The number of hydrogen-bond donors (Lipinski definition) is 0. The summed E-state index contributed by atoms with van der Waals surface area (Å²) in [5.41, 5.74) is 9.28. The number of allylic oxidation sites excluding steroid dienone is 4. The minimum Gasteiger partial charge on any atom is -0.184 e. The first-order valence-electron chi connectivity index (χ1n) is 12.5. The minimum atomic E-state index is 0. The zero-order chi connectivity index (χ0) is 27.8. The van der Waals surface area contributed by atoms with Crippen LogP contribution in [0.15, 0.2) is 91.5 Å². The van der Waals surface area contributed by atoms with E-state index in [4.69, 9.17) is 0 Å². The summed E-state index contributed by atoms with van der Waals surface area (Å²) in [6.45, 7) is 21.5. The molecule has 208 valence electrons. The maximum atomic E-state index is 3.82. The normalized spacial score (nSPS) is 13.1. The van der Waals surface area contributed by atoms with Gasteiger partial charge in [-0.2, -0.15) is 78.7 Å². The SMILES string of the molecule is C=Cc1c[c-]c2c(c1)-c1cc(C=C)ccc1C2.CC1[C-]=CC(C(C)(C)C)=C1.Cl.Cl.[CH2-]C.[CH2]=[Zr].[c-]1ccccc1. The van der Waals surface area contributed by atoms with Gasteiger partial charge in [0.15, 0.2) is 0 Å². The predicted molar refractivity (Wildman–Crippen MR) is 176 cm³/mol. The first-order valence-corrected chi connectivity index (χ1v) is 14.3. The molecule has 0 N–H and O–H groups in total. The Morgan fingerprint density at radius 3 is 1.92 bits per heavy atom. The van der Waals surface area contributed by atoms with Crippen LogP contribution in [-0.4, -0.2) is 4.21 Å². The van der Waals surface area contributed by atoms with E-state index in [2.05, 4.69) is 107 Å². The molecule has 3 aromatic carbocycles. The maximum Gasteiger partial charge on any atom is -0.171 e. The Morgan fingerprint density at radius 1 is 0.923 bits per heavy atom. The van der Waals surface area contributed by atoms with Gasteiger partial charge in [-0.05, 0) is 12.0 Å². The van der Waals surface area contributed by atoms with Gasteiger partial charge in [-0.1, -0.05) is 81.0 Å². The standard InChI is InChI=1S/C17H13.C10H15.C6H5.C2H5.CH2.2ClH.Zr/c1-3-12-5-7-14-11-15-8-6-13(4-2)10-17(15)16(14)9-12;1-8-5-6-9(7-8)10(2,3)4;1-2-4-6-5-3-1;1-2;;;;/h3-7,9-10H,1-2,11H2;6-8H,1-4H3;1-5H;1H2,2H3;1H2;2*1H;/q4*-1;;;;. The molecule has 3 aromatic rings. The van der Waals surface area contributed by atoms with Crippen molar-refractivity contribution in [3.8, 4) is 11.1 Å². The van der Waals surface area contributed by atoms with E-state index in [9.17, 15) is 0 Å². The van der Waals surface area contributed by atoms with Crippen molar-refractivity contribution in [3.05, 3.63) is 139 Å². The summed E-state index contributed by atoms with van der Waals surface area (Å²) in [6.07, 6.45) is 12.4. The Labute approximate surface area is 266 Å². The Hall–Kier alpha value is -2.05. The largest absolute Gasteiger partial charge is 0.184 e. The van der Waals surface area contributed by atoms with E-state index in [-0.39, 0.29) is 24.8 Å². The second kappa shape index (κ2) is 20.8. The minimum absolute atomic E-state index is 0. The molecule has 39 heavy (non-hydrogen) atoms. The third kappa shape index (κ3) is 12.8. The maximum absolute atomic E-state index is 3.82. The van der Waals surface area contributed by atoms with Gasteiger partial charge in [0.2, 0.25) is 0 Å². The molecule has 0 fully saturated rings. The smallest absolute Gasteiger partial charge is 0.171 e. The Kier molecular flexibility index (Phi) is 20.9. The third-order valence-corrected chi connectivity index (χ3v) is 5.72. The van der Waals surface area contributed by atoms with Gasteiger partial charge in [0.1, 0.15) is 0 Å². The monoisotopic (exact) mass is 634 g/mol. The van der Waals surface area contributed by atoms with Gasteiger partial charge in [0.25, 0.3) is 0 Å². The molecule has 5 rings (SSSR count). The molecule has 0 nitrogen and oxygen atoms in total. The zero-order valence-electron chi connectivity index (χ0n) is 24.0. The van der Waals surface area contributed by atoms with Gasteiger partial charge in [-0.15, -0.1) is 48.6 Å². The summed E-state index contributed by atoms with van der Waals surface area (Å²) in [6, 6.07) is 26.6. The first kappa shape index (κ1) is 39.1. The van der Waals surface area contributed by atoms with Gasteiger partial charge in [0, 0.05) is 0 Å². The molecule has 0 bridgehead atoms. The van der Waals surface area contributed by atoms with E-state index < -0.39 is 0 Å². The zero-order valence-corrected chi connectivity index (χ0v) is 28.1. The second-order valence-corrected chi connectivity index (χ2v) is 9.38. The number of benzene rings is 3. The van der Waals surface area contributed by atoms with Crippen molar-refractivity contribution in [1.29, 1.82) is 0 Å². The molecule has 0 amide bonds. The summed E-state index contributed by atoms with van der Waals surface area (Å²) in [7, 11) is 0. The van der Waals surface area contributed by atoms with Crippen LogP contribution in [0.2, 0.25) is 0 Å². The Bertz CT molecular complexity index is 1100. The Morgan fingerprint density at radius 2 is 1.51 bits per heavy atom. The van der Waals surface area contributed by atoms with Crippen molar-refractivity contribution < 1.29 is 24.2 Å². The molecule has 2 aliphatic rings. The van der Waals surface area contributed by atoms with Crippen LogP contribution in [-0.2, 0) is 30.7 Å². The van der Waals surface area contributed by atoms with Crippen molar-refractivity contribution in [2.75, 3.05) is 0 Å². The molecular weight excluding hydrogens is 595 g/mol. The predicted octanol–water partition coefficient (Wildman–Crippen LogP) is 10.4. The van der Waals surface area contributed by atoms with Gasteiger partial charge < -0.3 is 6.92 Å². The quantitative estimate of drug-likeness (QED) is 0.192. The van der Waals surface area contributed by atoms with Gasteiger partial charge >= 0.3 is 28.4 Å². The average Bonchev–Trinajstić information content (AvgIpc) is 3.55. The van der Waals surface area contributed by atoms with Crippen LogP contribution >= 0.6 is 24.8 Å².